The van der Waals surface area contributed by atoms with Gasteiger partial charge in [0.05, 0.1) is 24.5 Å². The Morgan fingerprint density at radius 1 is 1.80 bits per heavy atom. The first-order valence-electron chi connectivity index (χ1n) is 4.67. The van der Waals surface area contributed by atoms with Gasteiger partial charge in [-0.25, -0.2) is 4.98 Å². The fourth-order valence-corrected chi connectivity index (χ4v) is 1.29. The summed E-state index contributed by atoms with van der Waals surface area (Å²) in [5.74, 6) is -0.274. The number of nitriles is 1. The van der Waals surface area contributed by atoms with Gasteiger partial charge in [-0.15, -0.1) is 0 Å². The lowest BCUT2D eigenvalue weighted by atomic mass is 10.2. The van der Waals surface area contributed by atoms with Crippen molar-refractivity contribution >= 4 is 5.91 Å². The van der Waals surface area contributed by atoms with E-state index in [2.05, 4.69) is 11.1 Å². The monoisotopic (exact) mass is 206 g/mol. The zero-order valence-electron chi connectivity index (χ0n) is 9.14. The molecule has 15 heavy (non-hydrogen) atoms. The fraction of sp³-hybridized carbons (Fsp3) is 0.500. The molecule has 1 rings (SSSR count). The first-order chi connectivity index (χ1) is 7.06. The van der Waals surface area contributed by atoms with Crippen LogP contribution in [0.3, 0.4) is 0 Å². The van der Waals surface area contributed by atoms with Gasteiger partial charge in [0, 0.05) is 20.6 Å². The summed E-state index contributed by atoms with van der Waals surface area (Å²) in [5, 5.41) is 8.65. The Hall–Kier alpha value is -1.83. The van der Waals surface area contributed by atoms with Gasteiger partial charge in [-0.1, -0.05) is 0 Å². The second-order valence-electron chi connectivity index (χ2n) is 3.61. The predicted molar refractivity (Wildman–Crippen MR) is 54.9 cm³/mol. The topological polar surface area (TPSA) is 61.9 Å². The molecule has 0 spiro atoms. The SMILES string of the molecule is CC(C#N)CN(C)C(=O)c1cncn1C. The van der Waals surface area contributed by atoms with E-state index in [1.807, 2.05) is 0 Å². The van der Waals surface area contributed by atoms with Crippen LogP contribution in [0.1, 0.15) is 17.4 Å². The average molecular weight is 206 g/mol. The molecule has 0 bridgehead atoms. The van der Waals surface area contributed by atoms with Crippen LogP contribution in [0, 0.1) is 17.2 Å². The Bertz CT molecular complexity index is 390. The summed E-state index contributed by atoms with van der Waals surface area (Å²) in [7, 11) is 3.45. The summed E-state index contributed by atoms with van der Waals surface area (Å²) >= 11 is 0. The van der Waals surface area contributed by atoms with E-state index >= 15 is 0 Å². The zero-order chi connectivity index (χ0) is 11.4. The van der Waals surface area contributed by atoms with E-state index in [0.717, 1.165) is 0 Å². The first kappa shape index (κ1) is 11.2. The molecule has 0 N–H and O–H groups in total. The molecular formula is C10H14N4O. The van der Waals surface area contributed by atoms with Crippen molar-refractivity contribution in [2.24, 2.45) is 13.0 Å². The molecule has 1 aromatic rings. The standard InChI is InChI=1S/C10H14N4O/c1-8(4-11)6-13(2)10(15)9-5-12-7-14(9)3/h5,7-8H,6H2,1-3H3. The lowest BCUT2D eigenvalue weighted by Crippen LogP contribution is -2.31. The van der Waals surface area contributed by atoms with Gasteiger partial charge in [-0.05, 0) is 6.92 Å². The lowest BCUT2D eigenvalue weighted by Gasteiger charge is -2.17. The highest BCUT2D eigenvalue weighted by Crippen LogP contribution is 2.04. The number of hydrogen-bond donors (Lipinski definition) is 0. The second kappa shape index (κ2) is 4.60. The molecule has 0 aromatic carbocycles. The van der Waals surface area contributed by atoms with Crippen molar-refractivity contribution in [1.29, 1.82) is 5.26 Å². The van der Waals surface area contributed by atoms with Gasteiger partial charge in [0.1, 0.15) is 5.69 Å². The van der Waals surface area contributed by atoms with E-state index in [1.165, 1.54) is 11.1 Å². The maximum atomic E-state index is 11.8. The van der Waals surface area contributed by atoms with Gasteiger partial charge < -0.3 is 9.47 Å². The van der Waals surface area contributed by atoms with E-state index in [-0.39, 0.29) is 11.8 Å². The molecule has 1 heterocycles. The minimum absolute atomic E-state index is 0.114. The molecule has 1 atom stereocenters. The zero-order valence-corrected chi connectivity index (χ0v) is 9.14. The highest BCUT2D eigenvalue weighted by atomic mass is 16.2. The Labute approximate surface area is 88.9 Å². The molecule has 1 unspecified atom stereocenters. The van der Waals surface area contributed by atoms with Crippen LogP contribution in [-0.4, -0.2) is 34.0 Å². The third-order valence-electron chi connectivity index (χ3n) is 2.15. The Kier molecular flexibility index (Phi) is 3.45. The molecule has 0 aliphatic heterocycles. The largest absolute Gasteiger partial charge is 0.339 e. The van der Waals surface area contributed by atoms with Gasteiger partial charge in [-0.2, -0.15) is 5.26 Å². The molecule has 0 saturated heterocycles. The average Bonchev–Trinajstić information content (AvgIpc) is 2.63. The van der Waals surface area contributed by atoms with Crippen LogP contribution in [0.2, 0.25) is 0 Å². The molecule has 1 aromatic heterocycles. The molecule has 0 fully saturated rings. The quantitative estimate of drug-likeness (QED) is 0.729. The minimum Gasteiger partial charge on any atom is -0.339 e. The third-order valence-corrected chi connectivity index (χ3v) is 2.15. The number of hydrogen-bond acceptors (Lipinski definition) is 3. The van der Waals surface area contributed by atoms with Crippen molar-refractivity contribution in [3.8, 4) is 6.07 Å². The molecule has 1 amide bonds. The van der Waals surface area contributed by atoms with Crippen LogP contribution in [0.5, 0.6) is 0 Å². The van der Waals surface area contributed by atoms with Crippen LogP contribution < -0.4 is 0 Å². The first-order valence-corrected chi connectivity index (χ1v) is 4.67. The molecule has 80 valence electrons. The number of imidazole rings is 1. The van der Waals surface area contributed by atoms with Crippen molar-refractivity contribution in [2.75, 3.05) is 13.6 Å². The van der Waals surface area contributed by atoms with Crippen molar-refractivity contribution in [2.45, 2.75) is 6.92 Å². The normalized spacial score (nSPS) is 11.9. The number of aryl methyl sites for hydroxylation is 1. The van der Waals surface area contributed by atoms with Crippen molar-refractivity contribution in [3.05, 3.63) is 18.2 Å². The predicted octanol–water partition coefficient (Wildman–Crippen LogP) is 0.652. The van der Waals surface area contributed by atoms with Crippen molar-refractivity contribution in [1.82, 2.24) is 14.5 Å². The van der Waals surface area contributed by atoms with E-state index in [9.17, 15) is 4.79 Å². The van der Waals surface area contributed by atoms with Crippen LogP contribution in [-0.2, 0) is 7.05 Å². The summed E-state index contributed by atoms with van der Waals surface area (Å²) in [6, 6.07) is 2.09. The minimum atomic E-state index is -0.160. The highest BCUT2D eigenvalue weighted by Gasteiger charge is 2.16. The molecule has 0 aliphatic carbocycles. The fourth-order valence-electron chi connectivity index (χ4n) is 1.29. The molecule has 5 heteroatoms. The van der Waals surface area contributed by atoms with Gasteiger partial charge in [0.2, 0.25) is 0 Å². The number of carbonyl (C=O) groups is 1. The number of amides is 1. The Morgan fingerprint density at radius 2 is 2.47 bits per heavy atom. The number of nitrogens with zero attached hydrogens (tertiary/aromatic N) is 4. The third kappa shape index (κ3) is 2.56. The maximum absolute atomic E-state index is 11.8. The van der Waals surface area contributed by atoms with Gasteiger partial charge in [-0.3, -0.25) is 4.79 Å². The lowest BCUT2D eigenvalue weighted by molar-refractivity contribution is 0.0775. The van der Waals surface area contributed by atoms with Gasteiger partial charge >= 0.3 is 0 Å². The number of carbonyl (C=O) groups excluding carboxylic acids is 1. The summed E-state index contributed by atoms with van der Waals surface area (Å²) in [5.41, 5.74) is 0.530. The van der Waals surface area contributed by atoms with Gasteiger partial charge in [0.25, 0.3) is 5.91 Å². The molecule has 0 saturated carbocycles. The molecule has 0 radical (unpaired) electrons. The summed E-state index contributed by atoms with van der Waals surface area (Å²) in [4.78, 5) is 17.2. The van der Waals surface area contributed by atoms with E-state index in [0.29, 0.717) is 12.2 Å². The van der Waals surface area contributed by atoms with E-state index < -0.39 is 0 Å². The summed E-state index contributed by atoms with van der Waals surface area (Å²) in [6.07, 6.45) is 3.10. The smallest absolute Gasteiger partial charge is 0.271 e. The van der Waals surface area contributed by atoms with E-state index in [1.54, 1.807) is 31.9 Å². The summed E-state index contributed by atoms with van der Waals surface area (Å²) < 4.78 is 1.66. The van der Waals surface area contributed by atoms with Crippen LogP contribution in [0.4, 0.5) is 0 Å². The number of rotatable bonds is 3. The Morgan fingerprint density at radius 3 is 2.93 bits per heavy atom. The van der Waals surface area contributed by atoms with E-state index in [4.69, 9.17) is 5.26 Å². The highest BCUT2D eigenvalue weighted by molar-refractivity contribution is 5.92. The molecule has 0 aliphatic rings. The Balaban J connectivity index is 2.70. The molecular weight excluding hydrogens is 192 g/mol. The van der Waals surface area contributed by atoms with Gasteiger partial charge in [0.15, 0.2) is 0 Å². The van der Waals surface area contributed by atoms with Crippen LogP contribution in [0.25, 0.3) is 0 Å². The maximum Gasteiger partial charge on any atom is 0.271 e. The van der Waals surface area contributed by atoms with Crippen LogP contribution in [0.15, 0.2) is 12.5 Å². The van der Waals surface area contributed by atoms with Crippen LogP contribution >= 0.6 is 0 Å². The second-order valence-corrected chi connectivity index (χ2v) is 3.61. The van der Waals surface area contributed by atoms with Crippen molar-refractivity contribution < 1.29 is 4.79 Å². The van der Waals surface area contributed by atoms with Crippen molar-refractivity contribution in [3.63, 3.8) is 0 Å². The summed E-state index contributed by atoms with van der Waals surface area (Å²) in [6.45, 7) is 2.22. The number of aromatic nitrogens is 2. The molecule has 5 nitrogen and oxygen atoms in total.